The van der Waals surface area contributed by atoms with Crippen LogP contribution in [-0.2, 0) is 44.6 Å². The number of rotatable bonds is 7. The molecule has 654 valence electrons. The van der Waals surface area contributed by atoms with Gasteiger partial charge in [-0.1, -0.05) is 101 Å². The van der Waals surface area contributed by atoms with Crippen molar-refractivity contribution >= 4 is 196 Å². The van der Waals surface area contributed by atoms with Gasteiger partial charge < -0.3 is 102 Å². The Hall–Kier alpha value is -12.3. The molecule has 35 heteroatoms. The number of thiazole rings is 5. The Morgan fingerprint density at radius 3 is 1.52 bits per heavy atom. The van der Waals surface area contributed by atoms with Gasteiger partial charge >= 0.3 is 17.1 Å². The number of aryl methyl sites for hydroxylation is 3. The first-order valence-electron chi connectivity index (χ1n) is 39.3. The quantitative estimate of drug-likeness (QED) is 0.0768. The molecule has 0 saturated heterocycles. The zero-order valence-electron chi connectivity index (χ0n) is 68.9. The van der Waals surface area contributed by atoms with Crippen molar-refractivity contribution in [3.63, 3.8) is 0 Å². The summed E-state index contributed by atoms with van der Waals surface area (Å²) >= 11 is 11.4. The van der Waals surface area contributed by atoms with Crippen LogP contribution in [-0.4, -0.2) is 92.4 Å². The van der Waals surface area contributed by atoms with Crippen molar-refractivity contribution in [1.29, 1.82) is 0 Å². The first-order chi connectivity index (χ1) is 60.9. The molecule has 12 aliphatic heterocycles. The van der Waals surface area contributed by atoms with Gasteiger partial charge in [-0.15, -0.1) is 44.7 Å². The van der Waals surface area contributed by atoms with Crippen molar-refractivity contribution in [3.05, 3.63) is 385 Å². The number of fused-ring (bicyclic) bond motifs is 18. The predicted molar refractivity (Wildman–Crippen MR) is 515 cm³/mol. The molecule has 0 radical (unpaired) electrons. The summed E-state index contributed by atoms with van der Waals surface area (Å²) in [5.74, 6) is 0. The second-order valence-electron chi connectivity index (χ2n) is 29.0. The van der Waals surface area contributed by atoms with Crippen molar-refractivity contribution in [1.82, 2.24) is 60.1 Å². The number of aromatic nitrogens is 13. The zero-order chi connectivity index (χ0) is 83.6. The second kappa shape index (κ2) is 43.1. The molecule has 22 nitrogen and oxygen atoms in total. The van der Waals surface area contributed by atoms with E-state index < -0.39 is 0 Å². The zero-order valence-corrected chi connectivity index (χ0v) is 79.6. The standard InChI is InChI=1S/C28H21N6S2.C28H20N6S2.C26H16N6S2.C9H10N2.C4H3NOS.CH4.5ClH.Mn/c2*1-33-11-13-35-27(33)25-21-7-3-17(29-21)15-19-5-9-23(31-19)26(28-34(2)12-14-36-28)24-10-6-20(32-24)16-18-4-8-22(25)30-18;1-5-19-23(25-27-9-11-33-25)20-7-3-17(31-20)14-18-4-8-22(32-18)24(26-28-10-12-34-26)21-6-2-16(30-21)13-15(1)29-19;1-3-8(10-5-1)7-9-4-2-6-11-9;6-3-4-5-1-2-7-4;;;;;;;/h3-16,29H,1-2H3;3-16H,1-2H3;1-14,27,30H;1-6,10-11H,7H2;1-3H;1H4;5*1H;/q+1;;;;;;;;;;;+3/p-4. The minimum atomic E-state index is 0. The summed E-state index contributed by atoms with van der Waals surface area (Å²) in [5.41, 5.74) is 30.7. The molecule has 12 aliphatic rings. The van der Waals surface area contributed by atoms with Crippen LogP contribution in [0.25, 0.3) is 96.4 Å². The maximum Gasteiger partial charge on any atom is 3.00 e. The van der Waals surface area contributed by atoms with Crippen molar-refractivity contribution in [2.45, 2.75) is 13.8 Å². The molecule has 131 heavy (non-hydrogen) atoms. The van der Waals surface area contributed by atoms with Gasteiger partial charge in [-0.25, -0.2) is 49.9 Å². The van der Waals surface area contributed by atoms with Gasteiger partial charge in [0.15, 0.2) is 35.5 Å². The number of hydrogen-bond acceptors (Lipinski definition) is 19. The number of aldehydes is 1. The molecule has 12 aromatic heterocycles. The van der Waals surface area contributed by atoms with Crippen LogP contribution in [0.1, 0.15) is 84.2 Å². The fourth-order valence-corrected chi connectivity index (χ4v) is 20.4. The van der Waals surface area contributed by atoms with Crippen LogP contribution in [0.5, 0.6) is 0 Å². The number of allylic oxidation sites excluding steroid dienone is 17. The van der Waals surface area contributed by atoms with Gasteiger partial charge in [0.1, 0.15) is 26.2 Å². The molecule has 0 unspecified atom stereocenters. The summed E-state index contributed by atoms with van der Waals surface area (Å²) in [5, 5.41) is 24.5. The van der Waals surface area contributed by atoms with Gasteiger partial charge in [0.05, 0.1) is 145 Å². The monoisotopic (exact) mass is 1990 g/mol. The Morgan fingerprint density at radius 1 is 0.496 bits per heavy atom. The fourth-order valence-electron chi connectivity index (χ4n) is 14.9. The van der Waals surface area contributed by atoms with E-state index in [-0.39, 0.29) is 86.5 Å². The molecule has 0 fully saturated rings. The van der Waals surface area contributed by atoms with Crippen LogP contribution in [0.2, 0.25) is 0 Å². The summed E-state index contributed by atoms with van der Waals surface area (Å²) in [6.07, 6.45) is 60.5. The number of aromatic amines is 4. The first-order valence-corrected chi connectivity index (χ1v) is 45.4. The molecule has 0 aliphatic carbocycles. The minimum Gasteiger partial charge on any atom is -1.00 e. The second-order valence-corrected chi connectivity index (χ2v) is 35.3. The molecule has 24 rings (SSSR count). The summed E-state index contributed by atoms with van der Waals surface area (Å²) in [4.78, 5) is 81.9. The Balaban J connectivity index is 0.000000148. The van der Waals surface area contributed by atoms with Gasteiger partial charge in [-0.2, -0.15) is 13.7 Å². The Morgan fingerprint density at radius 2 is 1.03 bits per heavy atom. The number of aliphatic imine (C=N–C) groups is 5. The van der Waals surface area contributed by atoms with Crippen LogP contribution >= 0.6 is 80.2 Å². The van der Waals surface area contributed by atoms with Crippen LogP contribution in [0.4, 0.5) is 0 Å². The van der Waals surface area contributed by atoms with Gasteiger partial charge in [0.2, 0.25) is 11.4 Å². The van der Waals surface area contributed by atoms with Crippen molar-refractivity contribution < 1.29 is 103 Å². The topological polar surface area (TPSA) is 263 Å². The Bertz CT molecular complexity index is 7200. The normalized spacial score (nSPS) is 16.5. The smallest absolute Gasteiger partial charge is 1.00 e. The third-order valence-electron chi connectivity index (χ3n) is 20.6. The molecular formula is C96H75Cl5MnN21OS7. The van der Waals surface area contributed by atoms with Gasteiger partial charge in [-0.05, 0) is 163 Å². The minimum absolute atomic E-state index is 0. The number of nitrogens with one attached hydrogen (secondary N) is 6. The number of carbonyl (C=O) groups excluding carboxylic acids is 1. The van der Waals surface area contributed by atoms with E-state index in [4.69, 9.17) is 44.9 Å². The molecule has 6 N–H and O–H groups in total. The van der Waals surface area contributed by atoms with Crippen LogP contribution in [0.3, 0.4) is 0 Å². The average Bonchev–Trinajstić information content (AvgIpc) is 1.64. The molecule has 24 bridgehead atoms. The number of thioether (sulfide) groups is 2. The van der Waals surface area contributed by atoms with Gasteiger partial charge in [-0.3, -0.25) is 4.79 Å². The van der Waals surface area contributed by atoms with E-state index in [9.17, 15) is 4.79 Å². The summed E-state index contributed by atoms with van der Waals surface area (Å²) in [7, 11) is 8.25. The number of H-pyrrole nitrogens is 4. The molecule has 0 saturated carbocycles. The van der Waals surface area contributed by atoms with Crippen LogP contribution in [0.15, 0.2) is 338 Å². The van der Waals surface area contributed by atoms with Gasteiger partial charge in [0, 0.05) is 102 Å². The number of nitrogens with zero attached hydrogens (tertiary/aromatic N) is 15. The number of hydrogen-bond donors (Lipinski definition) is 6. The summed E-state index contributed by atoms with van der Waals surface area (Å²) in [6, 6.07) is 28.8. The van der Waals surface area contributed by atoms with Gasteiger partial charge in [0.25, 0.3) is 15.0 Å². The number of carbonyl (C=O) groups is 1. The maximum atomic E-state index is 9.82. The Kier molecular flexibility index (Phi) is 31.7. The van der Waals surface area contributed by atoms with Crippen molar-refractivity contribution in [2.24, 2.45) is 46.1 Å². The fraction of sp³-hybridized carbons (Fsp3) is 0.0625. The van der Waals surface area contributed by atoms with E-state index in [1.807, 2.05) is 127 Å². The molecule has 0 spiro atoms. The van der Waals surface area contributed by atoms with Crippen LogP contribution < -0.4 is 96.0 Å². The molecule has 0 atom stereocenters. The molecule has 0 aromatic carbocycles. The Labute approximate surface area is 824 Å². The van der Waals surface area contributed by atoms with E-state index in [0.29, 0.717) is 5.01 Å². The largest absolute Gasteiger partial charge is 3.00 e. The van der Waals surface area contributed by atoms with E-state index in [0.717, 1.165) is 212 Å². The van der Waals surface area contributed by atoms with E-state index in [1.165, 1.54) is 22.7 Å². The van der Waals surface area contributed by atoms with Crippen molar-refractivity contribution in [3.8, 4) is 21.1 Å². The SMILES string of the molecule is C.C1=CSC(=C2C3=NC(=CC4=NC(=C(c5nccs5)c5ccc([nH]5)C=C5C=CC2=N5)C=C4)C=C3)N1.CN1C=CSC1=C1C2=NC(=CC3=[NH+]C(=C(c4scc[n+]4C)C4=NC(=Cc5ccc1[nH]5)C=C4)C=C3)C=C2.C[n+]1ccsc1-c1c2nc(cc3ccc([n-]3)c(-c3scc[n+]3C)c3nc(cc4ccc1[n-]4)C=C3)C=C2.O=Cc1nccs1.[Cl-].[Cl-].[Cl-].[Cl-].[Cl-].[Mn+3].c1c[nH]c(Cc2ccc[nH]2)c1. The maximum absolute atomic E-state index is 9.82. The first kappa shape index (κ1) is 96.2. The third kappa shape index (κ3) is 21.2. The van der Waals surface area contributed by atoms with E-state index >= 15 is 0 Å². The molecule has 0 amide bonds. The predicted octanol–water partition coefficient (Wildman–Crippen LogP) is 2.57. The summed E-state index contributed by atoms with van der Waals surface area (Å²) < 4.78 is 6.38. The van der Waals surface area contributed by atoms with Crippen LogP contribution in [0, 0.1) is 0 Å². The van der Waals surface area contributed by atoms with E-state index in [1.54, 1.807) is 80.4 Å². The molecule has 12 aromatic rings. The van der Waals surface area contributed by atoms with E-state index in [2.05, 4.69) is 249 Å². The average molecular weight is 2000 g/mol. The third-order valence-corrected chi connectivity index (χ3v) is 26.8. The summed E-state index contributed by atoms with van der Waals surface area (Å²) in [6.45, 7) is 0. The number of halogens is 5. The molecule has 24 heterocycles. The van der Waals surface area contributed by atoms with Crippen molar-refractivity contribution in [2.75, 3.05) is 7.05 Å². The molecular weight excluding hydrogens is 1920 g/mol.